The third-order valence-electron chi connectivity index (χ3n) is 0. The molecule has 0 rings (SSSR count). The van der Waals surface area contributed by atoms with Crippen molar-refractivity contribution < 1.29 is 34.2 Å². The molecule has 0 heterocycles. The molecule has 0 atom stereocenters. The molecule has 0 spiro atoms. The molecular formula is C4H8F3W-. The van der Waals surface area contributed by atoms with E-state index < -0.39 is 6.43 Å². The second-order valence-corrected chi connectivity index (χ2v) is 0.717. The van der Waals surface area contributed by atoms with Crippen LogP contribution in [0.4, 0.5) is 13.2 Å². The number of hydrogen-bond acceptors (Lipinski definition) is 0. The fraction of sp³-hybridized carbons (Fsp3) is 0.750. The van der Waals surface area contributed by atoms with Gasteiger partial charge in [-0.15, -0.1) is 6.92 Å². The summed E-state index contributed by atoms with van der Waals surface area (Å²) >= 11 is 0. The summed E-state index contributed by atoms with van der Waals surface area (Å²) in [5.41, 5.74) is 0. The molecule has 0 aromatic heterocycles. The maximum atomic E-state index is 10.3. The van der Waals surface area contributed by atoms with Gasteiger partial charge in [0.15, 0.2) is 0 Å². The molecule has 4 heteroatoms. The minimum Gasteiger partial charge on any atom is -0.422 e. The van der Waals surface area contributed by atoms with Crippen molar-refractivity contribution in [2.24, 2.45) is 0 Å². The Kier molecular flexibility index (Phi) is 30.9. The first-order valence-corrected chi connectivity index (χ1v) is 1.85. The summed E-state index contributed by atoms with van der Waals surface area (Å²) in [5, 5.41) is 0. The van der Waals surface area contributed by atoms with Crippen LogP contribution in [0.25, 0.3) is 0 Å². The van der Waals surface area contributed by atoms with Gasteiger partial charge in [-0.2, -0.15) is 0 Å². The summed E-state index contributed by atoms with van der Waals surface area (Å²) in [5.74, 6) is 0. The molecule has 52 valence electrons. The minimum atomic E-state index is -1.58. The van der Waals surface area contributed by atoms with Crippen LogP contribution in [-0.2, 0) is 21.1 Å². The SMILES string of the molecule is CCF.C[C-](F)F.[W]. The Bertz CT molecular complexity index is 22.5. The molecule has 0 aliphatic rings. The monoisotopic (exact) mass is 297 g/mol. The van der Waals surface area contributed by atoms with Crippen LogP contribution in [0, 0.1) is 6.43 Å². The molecule has 8 heavy (non-hydrogen) atoms. The molecule has 0 aliphatic heterocycles. The van der Waals surface area contributed by atoms with Crippen LogP contribution in [0.2, 0.25) is 0 Å². The predicted octanol–water partition coefficient (Wildman–Crippen LogP) is 2.41. The third-order valence-corrected chi connectivity index (χ3v) is 0. The second-order valence-electron chi connectivity index (χ2n) is 0.717. The molecule has 0 aliphatic carbocycles. The van der Waals surface area contributed by atoms with Crippen LogP contribution in [0.1, 0.15) is 13.8 Å². The van der Waals surface area contributed by atoms with Crippen molar-refractivity contribution in [2.75, 3.05) is 6.67 Å². The standard InChI is InChI=1S/C2H3F2.C2H5F.W/c1-2(3)4;1-2-3;/h1H3;2H2,1H3;/q-1;;. The largest absolute Gasteiger partial charge is 0.422 e. The molecule has 0 unspecified atom stereocenters. The van der Waals surface area contributed by atoms with Crippen molar-refractivity contribution in [1.82, 2.24) is 0 Å². The molecule has 0 fully saturated rings. The first-order chi connectivity index (χ1) is 3.15. The average Bonchev–Trinajstić information content (AvgIpc) is 1.33. The smallest absolute Gasteiger partial charge is 0.0866 e. The molecule has 0 nitrogen and oxygen atoms in total. The van der Waals surface area contributed by atoms with Gasteiger partial charge in [0.2, 0.25) is 0 Å². The van der Waals surface area contributed by atoms with Gasteiger partial charge in [-0.3, -0.25) is 4.39 Å². The fourth-order valence-corrected chi connectivity index (χ4v) is 0. The number of hydrogen-bond donors (Lipinski definition) is 0. The van der Waals surface area contributed by atoms with E-state index in [9.17, 15) is 13.2 Å². The second kappa shape index (κ2) is 15.6. The summed E-state index contributed by atoms with van der Waals surface area (Å²) in [6, 6.07) is 0. The molecular weight excluding hydrogens is 289 g/mol. The van der Waals surface area contributed by atoms with Crippen molar-refractivity contribution in [1.29, 1.82) is 0 Å². The predicted molar refractivity (Wildman–Crippen MR) is 22.8 cm³/mol. The van der Waals surface area contributed by atoms with Crippen molar-refractivity contribution >= 4 is 0 Å². The molecule has 0 radical (unpaired) electrons. The number of alkyl halides is 1. The summed E-state index contributed by atoms with van der Waals surface area (Å²) in [6.45, 7) is 1.96. The normalized spacial score (nSPS) is 6.75. The average molecular weight is 297 g/mol. The van der Waals surface area contributed by atoms with Gasteiger partial charge in [0.05, 0.1) is 6.67 Å². The molecule has 0 N–H and O–H groups in total. The van der Waals surface area contributed by atoms with Gasteiger partial charge in [-0.25, -0.2) is 0 Å². The summed E-state index contributed by atoms with van der Waals surface area (Å²) in [4.78, 5) is 0. The van der Waals surface area contributed by atoms with E-state index in [0.717, 1.165) is 6.92 Å². The molecule has 0 saturated heterocycles. The van der Waals surface area contributed by atoms with E-state index in [2.05, 4.69) is 0 Å². The molecule has 0 aromatic carbocycles. The Morgan fingerprint density at radius 1 is 1.38 bits per heavy atom. The van der Waals surface area contributed by atoms with E-state index in [4.69, 9.17) is 0 Å². The minimum absolute atomic E-state index is 0. The van der Waals surface area contributed by atoms with Crippen molar-refractivity contribution in [3.8, 4) is 0 Å². The zero-order chi connectivity index (χ0) is 6.28. The molecule has 0 bridgehead atoms. The maximum Gasteiger partial charge on any atom is 0.0866 e. The van der Waals surface area contributed by atoms with Gasteiger partial charge in [0.1, 0.15) is 0 Å². The third kappa shape index (κ3) is 850. The van der Waals surface area contributed by atoms with Gasteiger partial charge in [-0.1, -0.05) is 0 Å². The zero-order valence-electron chi connectivity index (χ0n) is 4.75. The first kappa shape index (κ1) is 15.8. The van der Waals surface area contributed by atoms with Crippen LogP contribution in [0.3, 0.4) is 0 Å². The van der Waals surface area contributed by atoms with E-state index in [0.29, 0.717) is 0 Å². The first-order valence-electron chi connectivity index (χ1n) is 1.85. The number of halogens is 3. The van der Waals surface area contributed by atoms with Gasteiger partial charge in [-0.05, 0) is 13.3 Å². The Balaban J connectivity index is -0.0000000575. The van der Waals surface area contributed by atoms with E-state index in [1.54, 1.807) is 0 Å². The van der Waals surface area contributed by atoms with Crippen molar-refractivity contribution in [3.63, 3.8) is 0 Å². The van der Waals surface area contributed by atoms with Crippen molar-refractivity contribution in [3.05, 3.63) is 6.43 Å². The van der Waals surface area contributed by atoms with Gasteiger partial charge >= 0.3 is 0 Å². The van der Waals surface area contributed by atoms with Crippen LogP contribution in [0.15, 0.2) is 0 Å². The molecule has 0 saturated carbocycles. The Morgan fingerprint density at radius 2 is 1.38 bits per heavy atom. The fourth-order valence-electron chi connectivity index (χ4n) is 0. The Morgan fingerprint density at radius 3 is 1.38 bits per heavy atom. The van der Waals surface area contributed by atoms with Gasteiger partial charge in [0.25, 0.3) is 0 Å². The van der Waals surface area contributed by atoms with Gasteiger partial charge in [0, 0.05) is 21.1 Å². The van der Waals surface area contributed by atoms with Crippen LogP contribution < -0.4 is 0 Å². The Hall–Kier alpha value is 0.478. The maximum absolute atomic E-state index is 10.3. The van der Waals surface area contributed by atoms with Crippen LogP contribution >= 0.6 is 0 Å². The van der Waals surface area contributed by atoms with Gasteiger partial charge < -0.3 is 8.78 Å². The summed E-state index contributed by atoms with van der Waals surface area (Å²) in [6.07, 6.45) is -1.58. The Labute approximate surface area is 61.7 Å². The van der Waals surface area contributed by atoms with E-state index in [1.165, 1.54) is 6.92 Å². The van der Waals surface area contributed by atoms with Crippen LogP contribution in [0.5, 0.6) is 0 Å². The van der Waals surface area contributed by atoms with E-state index in [-0.39, 0.29) is 27.7 Å². The summed E-state index contributed by atoms with van der Waals surface area (Å²) in [7, 11) is 0. The van der Waals surface area contributed by atoms with Crippen LogP contribution in [-0.4, -0.2) is 6.67 Å². The molecule has 0 aromatic rings. The zero-order valence-corrected chi connectivity index (χ0v) is 7.68. The quantitative estimate of drug-likeness (QED) is 0.602. The van der Waals surface area contributed by atoms with Crippen molar-refractivity contribution in [2.45, 2.75) is 13.8 Å². The topological polar surface area (TPSA) is 0 Å². The van der Waals surface area contributed by atoms with E-state index >= 15 is 0 Å². The molecule has 0 amide bonds. The van der Waals surface area contributed by atoms with E-state index in [1.807, 2.05) is 0 Å². The summed E-state index contributed by atoms with van der Waals surface area (Å²) < 4.78 is 30.8. The number of rotatable bonds is 0.